The van der Waals surface area contributed by atoms with Crippen molar-refractivity contribution in [2.75, 3.05) is 78.1 Å². The third kappa shape index (κ3) is 45.0. The first-order chi connectivity index (χ1) is 39.8. The Morgan fingerprint density at radius 3 is 1.07 bits per heavy atom. The molecule has 1 amide bonds. The van der Waals surface area contributed by atoms with Gasteiger partial charge in [-0.3, -0.25) is 33.6 Å². The Morgan fingerprint density at radius 1 is 0.354 bits per heavy atom. The molecule has 0 radical (unpaired) electrons. The lowest BCUT2D eigenvalue weighted by Gasteiger charge is -2.27. The number of ether oxygens (including phenoxy) is 6. The average molecular weight is 1180 g/mol. The number of thioether (sulfide) groups is 1. The van der Waals surface area contributed by atoms with E-state index in [-0.39, 0.29) is 119 Å². The monoisotopic (exact) mass is 1180 g/mol. The van der Waals surface area contributed by atoms with Crippen molar-refractivity contribution in [2.45, 2.75) is 280 Å². The van der Waals surface area contributed by atoms with Gasteiger partial charge in [0.05, 0.1) is 57.4 Å². The minimum Gasteiger partial charge on any atom is -0.466 e. The lowest BCUT2D eigenvalue weighted by atomic mass is 9.95. The Morgan fingerprint density at radius 2 is 0.707 bits per heavy atom. The molecule has 0 aliphatic rings. The molecule has 0 bridgehead atoms. The maximum Gasteiger partial charge on any atom is 0.308 e. The Bertz CT molecular complexity index is 1540. The quantitative estimate of drug-likeness (QED) is 0.0318. The van der Waals surface area contributed by atoms with E-state index in [0.29, 0.717) is 50.7 Å². The van der Waals surface area contributed by atoms with Gasteiger partial charge in [0.15, 0.2) is 0 Å². The number of nitrogens with zero attached hydrogens (tertiary/aromatic N) is 2. The van der Waals surface area contributed by atoms with Gasteiger partial charge in [-0.25, -0.2) is 0 Å². The first kappa shape index (κ1) is 78.6. The van der Waals surface area contributed by atoms with Gasteiger partial charge in [0.25, 0.3) is 5.24 Å². The maximum atomic E-state index is 14.0. The standard InChI is InChI=1S/C66H122N2O13S/c1-9-17-23-26-40-57(37-20-12-4)63(72)77-48-32-29-43-60(69)76-51-35-47-68(66(75)82-52-36-46-67(15-7)16-8)53-56(54-80-61(70)44-30-33-49-78-64(73)58(38-21-13-5)41-27-24-18-10-2)55-81-62(71)45-31-34-50-79-65(74)59(39-22-14-6)42-28-25-19-11-3/h56-59H,9-55H2,1-8H3. The largest absolute Gasteiger partial charge is 0.466 e. The minimum atomic E-state index is -0.551. The first-order valence-corrected chi connectivity index (χ1v) is 34.4. The van der Waals surface area contributed by atoms with Crippen molar-refractivity contribution >= 4 is 52.8 Å². The number of unbranched alkanes of at least 4 members (excludes halogenated alkanes) is 15. The van der Waals surface area contributed by atoms with Crippen LogP contribution in [0, 0.1) is 23.7 Å². The summed E-state index contributed by atoms with van der Waals surface area (Å²) in [5.74, 6) is -1.89. The molecule has 0 rings (SSSR count). The van der Waals surface area contributed by atoms with E-state index in [1.807, 2.05) is 0 Å². The van der Waals surface area contributed by atoms with Crippen LogP contribution in [0.3, 0.4) is 0 Å². The number of hydrogen-bond donors (Lipinski definition) is 0. The SMILES string of the molecule is CCCCCCC(CCCC)C(=O)OCCCCC(=O)OCCCN(CC(COC(=O)CCCCOC(=O)C(CCCC)CCCCCC)COC(=O)CCCCOC(=O)C(CCCC)CCCCCC)C(=O)SCCCN(CC)CC. The third-order valence-electron chi connectivity index (χ3n) is 15.3. The molecule has 3 unspecified atom stereocenters. The fourth-order valence-corrected chi connectivity index (χ4v) is 10.6. The van der Waals surface area contributed by atoms with Crippen LogP contribution in [0.4, 0.5) is 4.79 Å². The predicted octanol–water partition coefficient (Wildman–Crippen LogP) is 16.0. The lowest BCUT2D eigenvalue weighted by Crippen LogP contribution is -2.38. The fraction of sp³-hybridized carbons (Fsp3) is 0.894. The summed E-state index contributed by atoms with van der Waals surface area (Å²) in [6.45, 7) is 20.9. The van der Waals surface area contributed by atoms with Gasteiger partial charge in [0, 0.05) is 44.0 Å². The molecule has 0 saturated carbocycles. The van der Waals surface area contributed by atoms with Gasteiger partial charge in [0.1, 0.15) is 0 Å². The molecule has 15 nitrogen and oxygen atoms in total. The molecule has 16 heteroatoms. The lowest BCUT2D eigenvalue weighted by molar-refractivity contribution is -0.151. The number of hydrogen-bond acceptors (Lipinski definition) is 15. The zero-order chi connectivity index (χ0) is 60.7. The maximum absolute atomic E-state index is 14.0. The molecule has 0 aromatic heterocycles. The van der Waals surface area contributed by atoms with Gasteiger partial charge >= 0.3 is 35.8 Å². The summed E-state index contributed by atoms with van der Waals surface area (Å²) in [5.41, 5.74) is 0. The molecule has 0 aliphatic heterocycles. The van der Waals surface area contributed by atoms with Crippen LogP contribution in [-0.2, 0) is 57.2 Å². The minimum absolute atomic E-state index is 0.0726. The van der Waals surface area contributed by atoms with Crippen molar-refractivity contribution in [2.24, 2.45) is 23.7 Å². The van der Waals surface area contributed by atoms with Gasteiger partial charge in [-0.1, -0.05) is 183 Å². The summed E-state index contributed by atoms with van der Waals surface area (Å²) < 4.78 is 34.2. The van der Waals surface area contributed by atoms with Crippen molar-refractivity contribution in [1.82, 2.24) is 9.80 Å². The first-order valence-electron chi connectivity index (χ1n) is 33.4. The molecule has 0 saturated heterocycles. The number of esters is 6. The molecular formula is C66H122N2O13S. The Hall–Kier alpha value is -3.40. The summed E-state index contributed by atoms with van der Waals surface area (Å²) in [5, 5.41) is -0.166. The van der Waals surface area contributed by atoms with Crippen molar-refractivity contribution in [3.8, 4) is 0 Å². The normalized spacial score (nSPS) is 12.8. The van der Waals surface area contributed by atoms with Crippen LogP contribution < -0.4 is 0 Å². The highest BCUT2D eigenvalue weighted by Crippen LogP contribution is 2.23. The number of amides is 1. The van der Waals surface area contributed by atoms with Crippen LogP contribution in [0.15, 0.2) is 0 Å². The second kappa shape index (κ2) is 56.7. The van der Waals surface area contributed by atoms with Gasteiger partial charge in [-0.15, -0.1) is 0 Å². The van der Waals surface area contributed by atoms with Crippen LogP contribution in [0.5, 0.6) is 0 Å². The highest BCUT2D eigenvalue weighted by atomic mass is 32.2. The van der Waals surface area contributed by atoms with E-state index in [9.17, 15) is 33.6 Å². The number of rotatable bonds is 58. The third-order valence-corrected chi connectivity index (χ3v) is 16.3. The van der Waals surface area contributed by atoms with Gasteiger partial charge in [-0.05, 0) is 110 Å². The van der Waals surface area contributed by atoms with E-state index in [0.717, 1.165) is 174 Å². The van der Waals surface area contributed by atoms with E-state index in [1.165, 1.54) is 18.2 Å². The van der Waals surface area contributed by atoms with Crippen LogP contribution in [0.2, 0.25) is 0 Å². The van der Waals surface area contributed by atoms with E-state index < -0.39 is 17.9 Å². The molecule has 0 aliphatic carbocycles. The van der Waals surface area contributed by atoms with Crippen LogP contribution in [0.25, 0.3) is 0 Å². The second-order valence-corrected chi connectivity index (χ2v) is 23.7. The van der Waals surface area contributed by atoms with Crippen molar-refractivity contribution in [3.63, 3.8) is 0 Å². The highest BCUT2D eigenvalue weighted by molar-refractivity contribution is 8.13. The predicted molar refractivity (Wildman–Crippen MR) is 333 cm³/mol. The molecule has 0 fully saturated rings. The molecule has 0 aromatic carbocycles. The topological polar surface area (TPSA) is 181 Å². The smallest absolute Gasteiger partial charge is 0.308 e. The van der Waals surface area contributed by atoms with E-state index in [4.69, 9.17) is 28.4 Å². The van der Waals surface area contributed by atoms with Gasteiger partial charge < -0.3 is 38.2 Å². The van der Waals surface area contributed by atoms with Crippen LogP contribution >= 0.6 is 11.8 Å². The van der Waals surface area contributed by atoms with Crippen molar-refractivity contribution < 1.29 is 62.0 Å². The van der Waals surface area contributed by atoms with Crippen molar-refractivity contribution in [3.05, 3.63) is 0 Å². The summed E-state index contributed by atoms with van der Waals surface area (Å²) >= 11 is 1.22. The molecule has 0 aromatic rings. The van der Waals surface area contributed by atoms with E-state index in [2.05, 4.69) is 60.3 Å². The van der Waals surface area contributed by atoms with E-state index in [1.54, 1.807) is 4.90 Å². The molecule has 82 heavy (non-hydrogen) atoms. The van der Waals surface area contributed by atoms with Gasteiger partial charge in [0.2, 0.25) is 0 Å². The summed E-state index contributed by atoms with van der Waals surface area (Å²) in [6.07, 6.45) is 29.0. The molecule has 480 valence electrons. The molecule has 0 heterocycles. The molecule has 3 atom stereocenters. The summed E-state index contributed by atoms with van der Waals surface area (Å²) in [4.78, 5) is 96.1. The number of carbonyl (C=O) groups excluding carboxylic acids is 7. The fourth-order valence-electron chi connectivity index (χ4n) is 9.81. The zero-order valence-corrected chi connectivity index (χ0v) is 54.5. The summed E-state index contributed by atoms with van der Waals surface area (Å²) in [7, 11) is 0. The Balaban J connectivity index is 5.80. The number of carbonyl (C=O) groups is 7. The zero-order valence-electron chi connectivity index (χ0n) is 53.7. The molecule has 0 N–H and O–H groups in total. The molecular weight excluding hydrogens is 1060 g/mol. The Labute approximate surface area is 504 Å². The average Bonchev–Trinajstić information content (AvgIpc) is 3.47. The van der Waals surface area contributed by atoms with E-state index >= 15 is 0 Å². The Kier molecular flexibility index (Phi) is 54.4. The second-order valence-electron chi connectivity index (χ2n) is 22.7. The van der Waals surface area contributed by atoms with Crippen LogP contribution in [-0.4, -0.2) is 129 Å². The highest BCUT2D eigenvalue weighted by Gasteiger charge is 2.25. The summed E-state index contributed by atoms with van der Waals surface area (Å²) in [6, 6.07) is 0. The van der Waals surface area contributed by atoms with Crippen LogP contribution in [0.1, 0.15) is 280 Å². The van der Waals surface area contributed by atoms with Crippen molar-refractivity contribution in [1.29, 1.82) is 0 Å². The van der Waals surface area contributed by atoms with Gasteiger partial charge in [-0.2, -0.15) is 0 Å². The molecule has 0 spiro atoms.